The predicted octanol–water partition coefficient (Wildman–Crippen LogP) is 3.14. The zero-order valence-corrected chi connectivity index (χ0v) is 17.4. The van der Waals surface area contributed by atoms with Crippen molar-refractivity contribution in [3.8, 4) is 5.75 Å². The maximum atomic E-state index is 5.43. The van der Waals surface area contributed by atoms with E-state index < -0.39 is 0 Å². The highest BCUT2D eigenvalue weighted by Gasteiger charge is 2.24. The van der Waals surface area contributed by atoms with E-state index in [9.17, 15) is 0 Å². The highest BCUT2D eigenvalue weighted by Crippen LogP contribution is 2.27. The topological polar surface area (TPSA) is 48.9 Å². The Morgan fingerprint density at radius 3 is 2.73 bits per heavy atom. The molecule has 1 aromatic carbocycles. The molecule has 6 heteroatoms. The van der Waals surface area contributed by atoms with Crippen molar-refractivity contribution in [1.82, 2.24) is 15.5 Å². The van der Waals surface area contributed by atoms with Crippen LogP contribution in [0.3, 0.4) is 0 Å². The maximum absolute atomic E-state index is 5.43. The number of rotatable bonds is 9. The molecule has 2 atom stereocenters. The first kappa shape index (κ1) is 20.9. The molecule has 0 aliphatic carbocycles. The van der Waals surface area contributed by atoms with E-state index in [1.54, 1.807) is 7.11 Å². The standard InChI is InChI=1S/C20H34N4OS/c1-5-21-20(22-14-16(2)26-4)23-15-19(24-11-6-7-12-24)17-9-8-10-18(13-17)25-3/h8-10,13,16,19H,5-7,11-12,14-15H2,1-4H3,(H2,21,22,23). The highest BCUT2D eigenvalue weighted by atomic mass is 32.2. The van der Waals surface area contributed by atoms with Crippen LogP contribution in [0, 0.1) is 0 Å². The van der Waals surface area contributed by atoms with Gasteiger partial charge in [-0.25, -0.2) is 0 Å². The Kier molecular flexibility index (Phi) is 9.12. The number of nitrogens with one attached hydrogen (secondary N) is 2. The minimum absolute atomic E-state index is 0.328. The summed E-state index contributed by atoms with van der Waals surface area (Å²) in [6, 6.07) is 8.77. The second kappa shape index (κ2) is 11.3. The van der Waals surface area contributed by atoms with Gasteiger partial charge >= 0.3 is 0 Å². The summed E-state index contributed by atoms with van der Waals surface area (Å²) < 4.78 is 5.43. The zero-order valence-electron chi connectivity index (χ0n) is 16.6. The van der Waals surface area contributed by atoms with Gasteiger partial charge in [-0.3, -0.25) is 9.89 Å². The molecule has 0 radical (unpaired) electrons. The van der Waals surface area contributed by atoms with E-state index in [4.69, 9.17) is 9.73 Å². The third kappa shape index (κ3) is 6.40. The molecule has 2 N–H and O–H groups in total. The molecule has 146 valence electrons. The fourth-order valence-electron chi connectivity index (χ4n) is 3.19. The fraction of sp³-hybridized carbons (Fsp3) is 0.650. The third-order valence-electron chi connectivity index (χ3n) is 4.78. The van der Waals surface area contributed by atoms with Gasteiger partial charge in [0.25, 0.3) is 0 Å². The molecule has 1 aliphatic rings. The van der Waals surface area contributed by atoms with E-state index >= 15 is 0 Å². The smallest absolute Gasteiger partial charge is 0.191 e. The summed E-state index contributed by atoms with van der Waals surface area (Å²) in [6.45, 7) is 9.15. The van der Waals surface area contributed by atoms with Crippen LogP contribution in [-0.4, -0.2) is 62.2 Å². The number of benzene rings is 1. The largest absolute Gasteiger partial charge is 0.497 e. The monoisotopic (exact) mass is 378 g/mol. The van der Waals surface area contributed by atoms with E-state index in [0.717, 1.165) is 44.4 Å². The lowest BCUT2D eigenvalue weighted by atomic mass is 10.1. The van der Waals surface area contributed by atoms with Crippen LogP contribution in [0.5, 0.6) is 5.75 Å². The summed E-state index contributed by atoms with van der Waals surface area (Å²) in [5.74, 6) is 1.82. The molecule has 1 saturated heterocycles. The van der Waals surface area contributed by atoms with Crippen LogP contribution in [0.15, 0.2) is 29.3 Å². The van der Waals surface area contributed by atoms with Crippen LogP contribution >= 0.6 is 11.8 Å². The zero-order chi connectivity index (χ0) is 18.8. The average Bonchev–Trinajstić information content (AvgIpc) is 3.20. The number of aliphatic imine (C=N–C) groups is 1. The van der Waals surface area contributed by atoms with E-state index in [1.807, 2.05) is 17.8 Å². The summed E-state index contributed by atoms with van der Waals surface area (Å²) in [6.07, 6.45) is 4.69. The molecule has 1 aliphatic heterocycles. The fourth-order valence-corrected chi connectivity index (χ4v) is 3.41. The van der Waals surface area contributed by atoms with Gasteiger partial charge < -0.3 is 15.4 Å². The maximum Gasteiger partial charge on any atom is 0.191 e. The number of methoxy groups -OCH3 is 1. The molecule has 0 aromatic heterocycles. The second-order valence-electron chi connectivity index (χ2n) is 6.68. The first-order chi connectivity index (χ1) is 12.7. The Hall–Kier alpha value is -1.40. The minimum atomic E-state index is 0.328. The lowest BCUT2D eigenvalue weighted by Crippen LogP contribution is -2.43. The Bertz CT molecular complexity index is 560. The Morgan fingerprint density at radius 1 is 1.31 bits per heavy atom. The van der Waals surface area contributed by atoms with Gasteiger partial charge in [0.05, 0.1) is 19.7 Å². The van der Waals surface area contributed by atoms with Crippen molar-refractivity contribution in [2.24, 2.45) is 4.99 Å². The van der Waals surface area contributed by atoms with Gasteiger partial charge in [0, 0.05) is 18.3 Å². The van der Waals surface area contributed by atoms with E-state index in [-0.39, 0.29) is 0 Å². The Morgan fingerprint density at radius 2 is 2.08 bits per heavy atom. The van der Waals surface area contributed by atoms with Crippen molar-refractivity contribution in [1.29, 1.82) is 0 Å². The molecule has 2 unspecified atom stereocenters. The molecule has 0 amide bonds. The van der Waals surface area contributed by atoms with Crippen molar-refractivity contribution in [2.75, 3.05) is 46.1 Å². The quantitative estimate of drug-likeness (QED) is 0.511. The van der Waals surface area contributed by atoms with Crippen molar-refractivity contribution in [2.45, 2.75) is 38.0 Å². The molecule has 5 nitrogen and oxygen atoms in total. The molecular weight excluding hydrogens is 344 g/mol. The molecular formula is C20H34N4OS. The van der Waals surface area contributed by atoms with Gasteiger partial charge in [-0.2, -0.15) is 11.8 Å². The summed E-state index contributed by atoms with van der Waals surface area (Å²) in [5, 5.41) is 7.45. The Labute approximate surface area is 163 Å². The van der Waals surface area contributed by atoms with Gasteiger partial charge in [-0.05, 0) is 56.8 Å². The van der Waals surface area contributed by atoms with Crippen LogP contribution in [0.25, 0.3) is 0 Å². The summed E-state index contributed by atoms with van der Waals surface area (Å²) in [4.78, 5) is 7.31. The number of hydrogen-bond acceptors (Lipinski definition) is 4. The molecule has 0 bridgehead atoms. The second-order valence-corrected chi connectivity index (χ2v) is 7.96. The normalized spacial score (nSPS) is 17.8. The van der Waals surface area contributed by atoms with Crippen molar-refractivity contribution < 1.29 is 4.74 Å². The van der Waals surface area contributed by atoms with Gasteiger partial charge in [0.2, 0.25) is 0 Å². The summed E-state index contributed by atoms with van der Waals surface area (Å²) in [5.41, 5.74) is 1.30. The number of hydrogen-bond donors (Lipinski definition) is 2. The third-order valence-corrected chi connectivity index (χ3v) is 5.73. The highest BCUT2D eigenvalue weighted by molar-refractivity contribution is 7.99. The van der Waals surface area contributed by atoms with Gasteiger partial charge in [0.1, 0.15) is 5.75 Å². The van der Waals surface area contributed by atoms with Crippen molar-refractivity contribution >= 4 is 17.7 Å². The SMILES string of the molecule is CCNC(=NCC(C)SC)NCC(c1cccc(OC)c1)N1CCCC1. The van der Waals surface area contributed by atoms with Crippen molar-refractivity contribution in [3.05, 3.63) is 29.8 Å². The molecule has 1 heterocycles. The molecule has 1 fully saturated rings. The lowest BCUT2D eigenvalue weighted by molar-refractivity contribution is 0.245. The first-order valence-corrected chi connectivity index (χ1v) is 10.9. The molecule has 2 rings (SSSR count). The van der Waals surface area contributed by atoms with Crippen LogP contribution in [0.4, 0.5) is 0 Å². The summed E-state index contributed by atoms with van der Waals surface area (Å²) >= 11 is 1.85. The lowest BCUT2D eigenvalue weighted by Gasteiger charge is -2.29. The first-order valence-electron chi connectivity index (χ1n) is 9.60. The average molecular weight is 379 g/mol. The van der Waals surface area contributed by atoms with Gasteiger partial charge in [0.15, 0.2) is 5.96 Å². The molecule has 0 saturated carbocycles. The molecule has 1 aromatic rings. The number of likely N-dealkylation sites (tertiary alicyclic amines) is 1. The summed E-state index contributed by atoms with van der Waals surface area (Å²) in [7, 11) is 1.73. The number of ether oxygens (including phenoxy) is 1. The minimum Gasteiger partial charge on any atom is -0.497 e. The van der Waals surface area contributed by atoms with Crippen LogP contribution < -0.4 is 15.4 Å². The Balaban J connectivity index is 2.09. The van der Waals surface area contributed by atoms with Crippen LogP contribution in [-0.2, 0) is 0 Å². The number of thioether (sulfide) groups is 1. The predicted molar refractivity (Wildman–Crippen MR) is 114 cm³/mol. The van der Waals surface area contributed by atoms with Crippen molar-refractivity contribution in [3.63, 3.8) is 0 Å². The van der Waals surface area contributed by atoms with Crippen LogP contribution in [0.2, 0.25) is 0 Å². The molecule has 26 heavy (non-hydrogen) atoms. The molecule has 0 spiro atoms. The van der Waals surface area contributed by atoms with Crippen LogP contribution in [0.1, 0.15) is 38.3 Å². The number of nitrogens with zero attached hydrogens (tertiary/aromatic N) is 2. The number of guanidine groups is 1. The van der Waals surface area contributed by atoms with Gasteiger partial charge in [-0.15, -0.1) is 0 Å². The van der Waals surface area contributed by atoms with E-state index in [2.05, 4.69) is 53.8 Å². The van der Waals surface area contributed by atoms with E-state index in [1.165, 1.54) is 18.4 Å². The van der Waals surface area contributed by atoms with E-state index in [0.29, 0.717) is 11.3 Å². The van der Waals surface area contributed by atoms with Gasteiger partial charge in [-0.1, -0.05) is 19.1 Å².